The SMILES string of the molecule is CCc1ccc(/C=N\Nc2nc(-c3ccc(NC(C)=O)cc3)cs2)cc1. The number of anilines is 2. The van der Waals surface area contributed by atoms with Gasteiger partial charge >= 0.3 is 0 Å². The van der Waals surface area contributed by atoms with E-state index in [0.29, 0.717) is 0 Å². The van der Waals surface area contributed by atoms with Gasteiger partial charge in [0.15, 0.2) is 0 Å². The molecule has 0 saturated carbocycles. The molecule has 2 N–H and O–H groups in total. The Balaban J connectivity index is 1.62. The molecule has 0 bridgehead atoms. The molecule has 5 nitrogen and oxygen atoms in total. The van der Waals surface area contributed by atoms with Gasteiger partial charge in [0, 0.05) is 23.6 Å². The number of carbonyl (C=O) groups excluding carboxylic acids is 1. The van der Waals surface area contributed by atoms with Crippen LogP contribution in [0.4, 0.5) is 10.8 Å². The average Bonchev–Trinajstić information content (AvgIpc) is 3.11. The van der Waals surface area contributed by atoms with Crippen molar-refractivity contribution >= 4 is 34.3 Å². The van der Waals surface area contributed by atoms with E-state index >= 15 is 0 Å². The van der Waals surface area contributed by atoms with Crippen molar-refractivity contribution in [3.63, 3.8) is 0 Å². The van der Waals surface area contributed by atoms with E-state index in [1.165, 1.54) is 23.8 Å². The standard InChI is InChI=1S/C20H20N4OS/c1-3-15-4-6-16(7-5-15)12-21-24-20-23-19(13-26-20)17-8-10-18(11-9-17)22-14(2)25/h4-13H,3H2,1-2H3,(H,22,25)(H,23,24)/b21-12-. The summed E-state index contributed by atoms with van der Waals surface area (Å²) in [6.45, 7) is 3.63. The summed E-state index contributed by atoms with van der Waals surface area (Å²) >= 11 is 1.49. The third kappa shape index (κ3) is 4.77. The molecule has 0 fully saturated rings. The van der Waals surface area contributed by atoms with Crippen molar-refractivity contribution in [2.24, 2.45) is 5.10 Å². The Morgan fingerprint density at radius 2 is 1.88 bits per heavy atom. The molecular weight excluding hydrogens is 344 g/mol. The number of thiazole rings is 1. The minimum atomic E-state index is -0.0832. The number of hydrogen-bond donors (Lipinski definition) is 2. The van der Waals surface area contributed by atoms with Crippen LogP contribution < -0.4 is 10.7 Å². The zero-order chi connectivity index (χ0) is 18.4. The zero-order valence-corrected chi connectivity index (χ0v) is 15.5. The summed E-state index contributed by atoms with van der Waals surface area (Å²) in [5.41, 5.74) is 7.95. The second-order valence-electron chi connectivity index (χ2n) is 5.76. The second kappa shape index (κ2) is 8.40. The Morgan fingerprint density at radius 3 is 2.54 bits per heavy atom. The highest BCUT2D eigenvalue weighted by Gasteiger charge is 2.04. The van der Waals surface area contributed by atoms with Gasteiger partial charge in [0.2, 0.25) is 11.0 Å². The number of nitrogens with one attached hydrogen (secondary N) is 2. The van der Waals surface area contributed by atoms with E-state index < -0.39 is 0 Å². The fourth-order valence-electron chi connectivity index (χ4n) is 2.39. The molecular formula is C20H20N4OS. The summed E-state index contributed by atoms with van der Waals surface area (Å²) in [5.74, 6) is -0.0832. The van der Waals surface area contributed by atoms with Crippen molar-refractivity contribution in [1.82, 2.24) is 4.98 Å². The molecule has 3 aromatic rings. The number of aromatic nitrogens is 1. The number of hydrogen-bond acceptors (Lipinski definition) is 5. The normalized spacial score (nSPS) is 10.8. The maximum Gasteiger partial charge on any atom is 0.221 e. The molecule has 1 amide bonds. The van der Waals surface area contributed by atoms with Crippen LogP contribution >= 0.6 is 11.3 Å². The minimum Gasteiger partial charge on any atom is -0.326 e. The van der Waals surface area contributed by atoms with Gasteiger partial charge < -0.3 is 5.32 Å². The van der Waals surface area contributed by atoms with Crippen LogP contribution in [0.1, 0.15) is 25.0 Å². The lowest BCUT2D eigenvalue weighted by molar-refractivity contribution is -0.114. The first kappa shape index (κ1) is 17.8. The van der Waals surface area contributed by atoms with Gasteiger partial charge in [-0.1, -0.05) is 43.3 Å². The van der Waals surface area contributed by atoms with E-state index in [9.17, 15) is 4.79 Å². The van der Waals surface area contributed by atoms with Gasteiger partial charge in [-0.25, -0.2) is 4.98 Å². The fourth-order valence-corrected chi connectivity index (χ4v) is 3.06. The Bertz CT molecular complexity index is 898. The second-order valence-corrected chi connectivity index (χ2v) is 6.62. The van der Waals surface area contributed by atoms with Gasteiger partial charge in [-0.05, 0) is 29.7 Å². The first-order chi connectivity index (χ1) is 12.6. The molecule has 0 aliphatic heterocycles. The lowest BCUT2D eigenvalue weighted by Crippen LogP contribution is -2.05. The lowest BCUT2D eigenvalue weighted by atomic mass is 10.1. The zero-order valence-electron chi connectivity index (χ0n) is 14.7. The van der Waals surface area contributed by atoms with E-state index in [1.54, 1.807) is 6.21 Å². The van der Waals surface area contributed by atoms with E-state index in [1.807, 2.05) is 41.8 Å². The smallest absolute Gasteiger partial charge is 0.221 e. The summed E-state index contributed by atoms with van der Waals surface area (Å²) in [6.07, 6.45) is 2.81. The highest BCUT2D eigenvalue weighted by Crippen LogP contribution is 2.26. The summed E-state index contributed by atoms with van der Waals surface area (Å²) in [6, 6.07) is 15.9. The predicted molar refractivity (Wildman–Crippen MR) is 109 cm³/mol. The van der Waals surface area contributed by atoms with Crippen molar-refractivity contribution < 1.29 is 4.79 Å². The average molecular weight is 364 g/mol. The molecule has 1 aromatic heterocycles. The fraction of sp³-hybridized carbons (Fsp3) is 0.150. The number of hydrazone groups is 1. The van der Waals surface area contributed by atoms with E-state index in [2.05, 4.69) is 39.9 Å². The number of benzene rings is 2. The maximum absolute atomic E-state index is 11.1. The highest BCUT2D eigenvalue weighted by molar-refractivity contribution is 7.14. The van der Waals surface area contributed by atoms with Gasteiger partial charge in [-0.3, -0.25) is 10.2 Å². The number of amides is 1. The number of rotatable bonds is 6. The topological polar surface area (TPSA) is 66.4 Å². The third-order valence-electron chi connectivity index (χ3n) is 3.77. The first-order valence-electron chi connectivity index (χ1n) is 8.35. The Labute approximate surface area is 156 Å². The van der Waals surface area contributed by atoms with E-state index in [-0.39, 0.29) is 5.91 Å². The Hall–Kier alpha value is -2.99. The van der Waals surface area contributed by atoms with Crippen LogP contribution in [0.3, 0.4) is 0 Å². The summed E-state index contributed by atoms with van der Waals surface area (Å²) < 4.78 is 0. The monoisotopic (exact) mass is 364 g/mol. The Morgan fingerprint density at radius 1 is 1.15 bits per heavy atom. The van der Waals surface area contributed by atoms with Crippen LogP contribution in [0.5, 0.6) is 0 Å². The predicted octanol–water partition coefficient (Wildman–Crippen LogP) is 4.78. The van der Waals surface area contributed by atoms with Gasteiger partial charge in [0.1, 0.15) is 0 Å². The van der Waals surface area contributed by atoms with Crippen LogP contribution in [0.2, 0.25) is 0 Å². The quantitative estimate of drug-likeness (QED) is 0.489. The third-order valence-corrected chi connectivity index (χ3v) is 4.51. The van der Waals surface area contributed by atoms with Gasteiger partial charge in [0.25, 0.3) is 0 Å². The molecule has 0 spiro atoms. The molecule has 2 aromatic carbocycles. The minimum absolute atomic E-state index is 0.0832. The van der Waals surface area contributed by atoms with E-state index in [4.69, 9.17) is 0 Å². The van der Waals surface area contributed by atoms with Crippen molar-refractivity contribution in [2.45, 2.75) is 20.3 Å². The van der Waals surface area contributed by atoms with Crippen molar-refractivity contribution in [1.29, 1.82) is 0 Å². The molecule has 26 heavy (non-hydrogen) atoms. The molecule has 6 heteroatoms. The van der Waals surface area contributed by atoms with Gasteiger partial charge in [-0.2, -0.15) is 5.10 Å². The molecule has 132 valence electrons. The lowest BCUT2D eigenvalue weighted by Gasteiger charge is -2.02. The Kier molecular flexibility index (Phi) is 5.76. The van der Waals surface area contributed by atoms with Crippen LogP contribution in [0.15, 0.2) is 59.0 Å². The molecule has 0 atom stereocenters. The number of nitrogens with zero attached hydrogens (tertiary/aromatic N) is 2. The molecule has 0 aliphatic rings. The van der Waals surface area contributed by atoms with Crippen LogP contribution in [-0.4, -0.2) is 17.1 Å². The molecule has 3 rings (SSSR count). The summed E-state index contributed by atoms with van der Waals surface area (Å²) in [4.78, 5) is 15.6. The molecule has 0 unspecified atom stereocenters. The van der Waals surface area contributed by atoms with Crippen molar-refractivity contribution in [3.8, 4) is 11.3 Å². The molecule has 0 radical (unpaired) electrons. The molecule has 0 saturated heterocycles. The maximum atomic E-state index is 11.1. The van der Waals surface area contributed by atoms with Crippen molar-refractivity contribution in [3.05, 3.63) is 65.0 Å². The highest BCUT2D eigenvalue weighted by atomic mass is 32.1. The molecule has 0 aliphatic carbocycles. The first-order valence-corrected chi connectivity index (χ1v) is 9.23. The van der Waals surface area contributed by atoms with Gasteiger partial charge in [0.05, 0.1) is 11.9 Å². The van der Waals surface area contributed by atoms with Crippen LogP contribution in [0, 0.1) is 0 Å². The summed E-state index contributed by atoms with van der Waals surface area (Å²) in [5, 5.41) is 9.70. The number of aryl methyl sites for hydroxylation is 1. The van der Waals surface area contributed by atoms with Crippen molar-refractivity contribution in [2.75, 3.05) is 10.7 Å². The molecule has 1 heterocycles. The van der Waals surface area contributed by atoms with E-state index in [0.717, 1.165) is 34.1 Å². The number of carbonyl (C=O) groups is 1. The van der Waals surface area contributed by atoms with Crippen LogP contribution in [-0.2, 0) is 11.2 Å². The van der Waals surface area contributed by atoms with Gasteiger partial charge in [-0.15, -0.1) is 11.3 Å². The summed E-state index contributed by atoms with van der Waals surface area (Å²) in [7, 11) is 0. The largest absolute Gasteiger partial charge is 0.326 e. The van der Waals surface area contributed by atoms with Crippen LogP contribution in [0.25, 0.3) is 11.3 Å².